The number of piperazine rings is 1. The van der Waals surface area contributed by atoms with E-state index < -0.39 is 0 Å². The lowest BCUT2D eigenvalue weighted by Crippen LogP contribution is -2.57. The monoisotopic (exact) mass is 372 g/mol. The van der Waals surface area contributed by atoms with Gasteiger partial charge in [-0.1, -0.05) is 63.9 Å². The summed E-state index contributed by atoms with van der Waals surface area (Å²) in [4.78, 5) is 17.1. The Morgan fingerprint density at radius 1 is 1.11 bits per heavy atom. The molecular weight excluding hydrogens is 336 g/mol. The van der Waals surface area contributed by atoms with Crippen LogP contribution in [0.1, 0.15) is 52.0 Å². The van der Waals surface area contributed by atoms with Crippen LogP contribution in [0.25, 0.3) is 0 Å². The van der Waals surface area contributed by atoms with Gasteiger partial charge in [-0.25, -0.2) is 4.79 Å². The first kappa shape index (κ1) is 20.2. The van der Waals surface area contributed by atoms with Crippen LogP contribution in [0.5, 0.6) is 0 Å². The summed E-state index contributed by atoms with van der Waals surface area (Å²) in [7, 11) is 0. The molecule has 1 aromatic rings. The third-order valence-electron chi connectivity index (χ3n) is 6.39. The molecule has 0 bridgehead atoms. The molecule has 1 atom stereocenters. The minimum Gasteiger partial charge on any atom is -0.445 e. The van der Waals surface area contributed by atoms with Gasteiger partial charge in [-0.3, -0.25) is 4.90 Å². The number of carbonyl (C=O) groups is 1. The lowest BCUT2D eigenvalue weighted by atomic mass is 9.82. The Morgan fingerprint density at radius 3 is 2.48 bits per heavy atom. The maximum Gasteiger partial charge on any atom is 0.410 e. The number of benzene rings is 1. The van der Waals surface area contributed by atoms with Crippen LogP contribution in [0.15, 0.2) is 30.3 Å². The summed E-state index contributed by atoms with van der Waals surface area (Å²) in [6, 6.07) is 10.3. The Labute approximate surface area is 164 Å². The molecule has 0 N–H and O–H groups in total. The summed E-state index contributed by atoms with van der Waals surface area (Å²) in [6.45, 7) is 11.0. The molecule has 1 aromatic carbocycles. The van der Waals surface area contributed by atoms with Crippen molar-refractivity contribution in [1.29, 1.82) is 0 Å². The lowest BCUT2D eigenvalue weighted by Gasteiger charge is -2.44. The average molecular weight is 373 g/mol. The zero-order valence-corrected chi connectivity index (χ0v) is 17.3. The third-order valence-corrected chi connectivity index (χ3v) is 6.39. The molecule has 1 aliphatic carbocycles. The number of amides is 1. The van der Waals surface area contributed by atoms with E-state index in [0.717, 1.165) is 37.0 Å². The van der Waals surface area contributed by atoms with Gasteiger partial charge in [0, 0.05) is 32.2 Å². The van der Waals surface area contributed by atoms with Crippen molar-refractivity contribution in [3.63, 3.8) is 0 Å². The van der Waals surface area contributed by atoms with Crippen molar-refractivity contribution in [3.05, 3.63) is 35.9 Å². The Hall–Kier alpha value is -1.55. The molecule has 1 heterocycles. The molecule has 1 amide bonds. The smallest absolute Gasteiger partial charge is 0.410 e. The maximum atomic E-state index is 12.6. The Kier molecular flexibility index (Phi) is 7.17. The van der Waals surface area contributed by atoms with Crippen LogP contribution in [0.2, 0.25) is 0 Å². The molecule has 4 heteroatoms. The minimum absolute atomic E-state index is 0.171. The van der Waals surface area contributed by atoms with E-state index in [1.54, 1.807) is 0 Å². The number of hydrogen-bond acceptors (Lipinski definition) is 3. The molecule has 1 aliphatic heterocycles. The van der Waals surface area contributed by atoms with Crippen molar-refractivity contribution in [2.45, 2.75) is 59.1 Å². The predicted octanol–water partition coefficient (Wildman–Crippen LogP) is 4.79. The van der Waals surface area contributed by atoms with Gasteiger partial charge in [0.05, 0.1) is 0 Å². The molecule has 2 aliphatic rings. The van der Waals surface area contributed by atoms with E-state index in [0.29, 0.717) is 18.6 Å². The molecule has 1 saturated carbocycles. The van der Waals surface area contributed by atoms with E-state index in [4.69, 9.17) is 4.74 Å². The highest BCUT2D eigenvalue weighted by Crippen LogP contribution is 2.30. The van der Waals surface area contributed by atoms with E-state index in [-0.39, 0.29) is 6.09 Å². The number of nitrogens with zero attached hydrogens (tertiary/aromatic N) is 2. The zero-order chi connectivity index (χ0) is 19.2. The first-order chi connectivity index (χ1) is 13.0. The molecule has 3 rings (SSSR count). The zero-order valence-electron chi connectivity index (χ0n) is 17.3. The molecule has 0 aromatic heterocycles. The van der Waals surface area contributed by atoms with Crippen molar-refractivity contribution < 1.29 is 9.53 Å². The van der Waals surface area contributed by atoms with Gasteiger partial charge < -0.3 is 9.64 Å². The standard InChI is InChI=1S/C23H36N2O2/c1-18(2)22-16-25(23(26)27-17-21-7-5-4-6-8-21)14-13-24(22)15-20-11-9-19(3)10-12-20/h4-8,18-20,22H,9-17H2,1-3H3/t19?,20?,22-/m1/s1. The van der Waals surface area contributed by atoms with Crippen molar-refractivity contribution >= 4 is 6.09 Å². The van der Waals surface area contributed by atoms with Crippen molar-refractivity contribution in [2.24, 2.45) is 17.8 Å². The normalized spacial score (nSPS) is 27.0. The molecule has 1 saturated heterocycles. The lowest BCUT2D eigenvalue weighted by molar-refractivity contribution is 0.0221. The fourth-order valence-electron chi connectivity index (χ4n) is 4.53. The number of carbonyl (C=O) groups excluding carboxylic acids is 1. The van der Waals surface area contributed by atoms with Crippen molar-refractivity contribution in [2.75, 3.05) is 26.2 Å². The Bertz CT molecular complexity index is 581. The molecule has 2 fully saturated rings. The molecule has 150 valence electrons. The average Bonchev–Trinajstić information content (AvgIpc) is 2.69. The van der Waals surface area contributed by atoms with Crippen LogP contribution in [0.4, 0.5) is 4.79 Å². The Morgan fingerprint density at radius 2 is 1.81 bits per heavy atom. The highest BCUT2D eigenvalue weighted by Gasteiger charge is 2.33. The first-order valence-electron chi connectivity index (χ1n) is 10.7. The van der Waals surface area contributed by atoms with E-state index in [1.807, 2.05) is 35.2 Å². The van der Waals surface area contributed by atoms with Gasteiger partial charge >= 0.3 is 6.09 Å². The van der Waals surface area contributed by atoms with Crippen molar-refractivity contribution in [3.8, 4) is 0 Å². The van der Waals surface area contributed by atoms with Crippen molar-refractivity contribution in [1.82, 2.24) is 9.80 Å². The van der Waals surface area contributed by atoms with Gasteiger partial charge in [-0.15, -0.1) is 0 Å². The second kappa shape index (κ2) is 9.59. The summed E-state index contributed by atoms with van der Waals surface area (Å²) in [6.07, 6.45) is 5.32. The highest BCUT2D eigenvalue weighted by atomic mass is 16.6. The number of ether oxygens (including phenoxy) is 1. The summed E-state index contributed by atoms with van der Waals surface area (Å²) < 4.78 is 5.56. The molecule has 0 unspecified atom stereocenters. The molecule has 4 nitrogen and oxygen atoms in total. The van der Waals surface area contributed by atoms with Crippen LogP contribution in [-0.4, -0.2) is 48.1 Å². The Balaban J connectivity index is 1.51. The molecular formula is C23H36N2O2. The molecule has 0 radical (unpaired) electrons. The molecule has 0 spiro atoms. The second-order valence-corrected chi connectivity index (χ2v) is 8.92. The van der Waals surface area contributed by atoms with Crippen LogP contribution < -0.4 is 0 Å². The van der Waals surface area contributed by atoms with Gasteiger partial charge in [-0.05, 0) is 36.2 Å². The quantitative estimate of drug-likeness (QED) is 0.745. The predicted molar refractivity (Wildman–Crippen MR) is 110 cm³/mol. The van der Waals surface area contributed by atoms with Crippen LogP contribution >= 0.6 is 0 Å². The second-order valence-electron chi connectivity index (χ2n) is 8.92. The SMILES string of the molecule is CC1CCC(CN2CCN(C(=O)OCc3ccccc3)C[C@@H]2C(C)C)CC1. The fourth-order valence-corrected chi connectivity index (χ4v) is 4.53. The van der Waals surface area contributed by atoms with E-state index in [1.165, 1.54) is 32.2 Å². The topological polar surface area (TPSA) is 32.8 Å². The summed E-state index contributed by atoms with van der Waals surface area (Å²) in [5, 5.41) is 0. The first-order valence-corrected chi connectivity index (χ1v) is 10.7. The maximum absolute atomic E-state index is 12.6. The number of hydrogen-bond donors (Lipinski definition) is 0. The summed E-state index contributed by atoms with van der Waals surface area (Å²) >= 11 is 0. The molecule has 27 heavy (non-hydrogen) atoms. The third kappa shape index (κ3) is 5.71. The fraction of sp³-hybridized carbons (Fsp3) is 0.696. The highest BCUT2D eigenvalue weighted by molar-refractivity contribution is 5.67. The van der Waals surface area contributed by atoms with Gasteiger partial charge in [0.1, 0.15) is 6.61 Å². The summed E-state index contributed by atoms with van der Waals surface area (Å²) in [5.41, 5.74) is 1.04. The van der Waals surface area contributed by atoms with E-state index in [2.05, 4.69) is 25.7 Å². The van der Waals surface area contributed by atoms with Gasteiger partial charge in [0.15, 0.2) is 0 Å². The van der Waals surface area contributed by atoms with E-state index >= 15 is 0 Å². The number of rotatable bonds is 5. The van der Waals surface area contributed by atoms with Gasteiger partial charge in [0.2, 0.25) is 0 Å². The van der Waals surface area contributed by atoms with Gasteiger partial charge in [-0.2, -0.15) is 0 Å². The minimum atomic E-state index is -0.171. The van der Waals surface area contributed by atoms with E-state index in [9.17, 15) is 4.79 Å². The largest absolute Gasteiger partial charge is 0.445 e. The van der Waals surface area contributed by atoms with Crippen LogP contribution in [0, 0.1) is 17.8 Å². The summed E-state index contributed by atoms with van der Waals surface area (Å²) in [5.74, 6) is 2.27. The van der Waals surface area contributed by atoms with Crippen LogP contribution in [-0.2, 0) is 11.3 Å². The van der Waals surface area contributed by atoms with Crippen LogP contribution in [0.3, 0.4) is 0 Å². The van der Waals surface area contributed by atoms with Gasteiger partial charge in [0.25, 0.3) is 0 Å².